The van der Waals surface area contributed by atoms with Gasteiger partial charge in [0.2, 0.25) is 0 Å². The molecule has 1 aliphatic carbocycles. The van der Waals surface area contributed by atoms with E-state index in [1.54, 1.807) is 6.08 Å². The number of rotatable bonds is 3. The summed E-state index contributed by atoms with van der Waals surface area (Å²) in [7, 11) is 1.36. The number of carbonyl (C=O) groups excluding carboxylic acids is 1. The molecule has 0 heterocycles. The third-order valence-electron chi connectivity index (χ3n) is 3.72. The summed E-state index contributed by atoms with van der Waals surface area (Å²) in [6.45, 7) is 6.85. The van der Waals surface area contributed by atoms with Crippen molar-refractivity contribution in [3.05, 3.63) is 12.2 Å². The first kappa shape index (κ1) is 14.2. The van der Waals surface area contributed by atoms with Crippen LogP contribution in [0.25, 0.3) is 0 Å². The van der Waals surface area contributed by atoms with Gasteiger partial charge in [-0.3, -0.25) is 4.79 Å². The highest BCUT2D eigenvalue weighted by atomic mass is 16.5. The number of hydrogen-bond donors (Lipinski definition) is 1. The summed E-state index contributed by atoms with van der Waals surface area (Å²) in [5, 5.41) is 0. The quantitative estimate of drug-likeness (QED) is 0.608. The molecule has 1 saturated carbocycles. The molecule has 3 heteroatoms. The van der Waals surface area contributed by atoms with E-state index >= 15 is 0 Å². The topological polar surface area (TPSA) is 52.3 Å². The zero-order valence-electron chi connectivity index (χ0n) is 11.4. The van der Waals surface area contributed by atoms with E-state index in [2.05, 4.69) is 31.6 Å². The standard InChI is InChI=1S/C14H25NO2/c1-14(2,3)11-7-5-6-10(11)8-9-12(15)13(16)17-4/h8-12H,5-7,15H2,1-4H3/b9-8+. The fraction of sp³-hybridized carbons (Fsp3) is 0.786. The van der Waals surface area contributed by atoms with Crippen molar-refractivity contribution in [1.82, 2.24) is 0 Å². The van der Waals surface area contributed by atoms with Gasteiger partial charge in [0.05, 0.1) is 7.11 Å². The van der Waals surface area contributed by atoms with Crippen LogP contribution in [0.15, 0.2) is 12.2 Å². The summed E-state index contributed by atoms with van der Waals surface area (Å²) in [4.78, 5) is 11.2. The van der Waals surface area contributed by atoms with Gasteiger partial charge in [0, 0.05) is 0 Å². The number of methoxy groups -OCH3 is 1. The largest absolute Gasteiger partial charge is 0.468 e. The molecule has 0 aromatic carbocycles. The van der Waals surface area contributed by atoms with Gasteiger partial charge in [-0.25, -0.2) is 0 Å². The van der Waals surface area contributed by atoms with Crippen molar-refractivity contribution < 1.29 is 9.53 Å². The molecule has 98 valence electrons. The second kappa shape index (κ2) is 5.67. The molecular weight excluding hydrogens is 214 g/mol. The predicted octanol–water partition coefficient (Wildman–Crippen LogP) is 2.51. The molecule has 1 fully saturated rings. The van der Waals surface area contributed by atoms with Crippen molar-refractivity contribution in [2.45, 2.75) is 46.1 Å². The van der Waals surface area contributed by atoms with Gasteiger partial charge >= 0.3 is 5.97 Å². The van der Waals surface area contributed by atoms with Gasteiger partial charge in [0.1, 0.15) is 6.04 Å². The molecule has 3 atom stereocenters. The van der Waals surface area contributed by atoms with Crippen LogP contribution in [-0.4, -0.2) is 19.1 Å². The number of carbonyl (C=O) groups is 1. The third kappa shape index (κ3) is 3.84. The zero-order valence-corrected chi connectivity index (χ0v) is 11.4. The number of allylic oxidation sites excluding steroid dienone is 1. The molecule has 0 saturated heterocycles. The molecule has 2 N–H and O–H groups in total. The molecule has 0 aliphatic heterocycles. The molecule has 3 unspecified atom stereocenters. The first-order chi connectivity index (χ1) is 7.86. The lowest BCUT2D eigenvalue weighted by atomic mass is 9.74. The highest BCUT2D eigenvalue weighted by Gasteiger charge is 2.34. The van der Waals surface area contributed by atoms with Gasteiger partial charge in [-0.2, -0.15) is 0 Å². The molecule has 0 radical (unpaired) electrons. The minimum absolute atomic E-state index is 0.320. The Labute approximate surface area is 104 Å². The lowest BCUT2D eigenvalue weighted by Gasteiger charge is -2.31. The minimum atomic E-state index is -0.624. The Bertz CT molecular complexity index is 291. The van der Waals surface area contributed by atoms with Crippen LogP contribution in [0.1, 0.15) is 40.0 Å². The van der Waals surface area contributed by atoms with Crippen molar-refractivity contribution in [1.29, 1.82) is 0 Å². The van der Waals surface area contributed by atoms with E-state index < -0.39 is 6.04 Å². The Kier molecular flexibility index (Phi) is 4.75. The molecule has 0 bridgehead atoms. The lowest BCUT2D eigenvalue weighted by molar-refractivity contribution is -0.140. The minimum Gasteiger partial charge on any atom is -0.468 e. The number of esters is 1. The summed E-state index contributed by atoms with van der Waals surface area (Å²) in [6.07, 6.45) is 7.65. The van der Waals surface area contributed by atoms with E-state index in [0.717, 1.165) is 0 Å². The van der Waals surface area contributed by atoms with Crippen LogP contribution in [0, 0.1) is 17.3 Å². The van der Waals surface area contributed by atoms with Crippen molar-refractivity contribution in [3.63, 3.8) is 0 Å². The van der Waals surface area contributed by atoms with E-state index in [1.165, 1.54) is 26.4 Å². The molecule has 0 spiro atoms. The van der Waals surface area contributed by atoms with Crippen molar-refractivity contribution in [3.8, 4) is 0 Å². The van der Waals surface area contributed by atoms with Crippen LogP contribution in [0.3, 0.4) is 0 Å². The van der Waals surface area contributed by atoms with Crippen LogP contribution >= 0.6 is 0 Å². The molecule has 3 nitrogen and oxygen atoms in total. The van der Waals surface area contributed by atoms with Gasteiger partial charge in [-0.1, -0.05) is 39.3 Å². The Morgan fingerprint density at radius 3 is 2.59 bits per heavy atom. The average Bonchev–Trinajstić information content (AvgIpc) is 2.72. The number of hydrogen-bond acceptors (Lipinski definition) is 3. The number of ether oxygens (including phenoxy) is 1. The molecule has 1 rings (SSSR count). The number of nitrogens with two attached hydrogens (primary N) is 1. The van der Waals surface area contributed by atoms with Crippen molar-refractivity contribution in [2.24, 2.45) is 23.0 Å². The van der Waals surface area contributed by atoms with Crippen molar-refractivity contribution >= 4 is 5.97 Å². The van der Waals surface area contributed by atoms with Gasteiger partial charge in [-0.05, 0) is 30.1 Å². The highest BCUT2D eigenvalue weighted by Crippen LogP contribution is 2.43. The Morgan fingerprint density at radius 2 is 2.06 bits per heavy atom. The maximum absolute atomic E-state index is 11.2. The molecular formula is C14H25NO2. The maximum Gasteiger partial charge on any atom is 0.326 e. The van der Waals surface area contributed by atoms with Gasteiger partial charge in [0.25, 0.3) is 0 Å². The van der Waals surface area contributed by atoms with E-state index in [1.807, 2.05) is 0 Å². The molecule has 0 amide bonds. The SMILES string of the molecule is COC(=O)C(N)/C=C/C1CCCC1C(C)(C)C. The first-order valence-corrected chi connectivity index (χ1v) is 6.38. The molecule has 0 aromatic rings. The van der Waals surface area contributed by atoms with Gasteiger partial charge in [-0.15, -0.1) is 0 Å². The predicted molar refractivity (Wildman–Crippen MR) is 69.4 cm³/mol. The third-order valence-corrected chi connectivity index (χ3v) is 3.72. The van der Waals surface area contributed by atoms with Crippen LogP contribution in [-0.2, 0) is 9.53 Å². The second-order valence-electron chi connectivity index (χ2n) is 6.00. The summed E-state index contributed by atoms with van der Waals surface area (Å²) in [6, 6.07) is -0.624. The fourth-order valence-corrected chi connectivity index (χ4v) is 2.77. The van der Waals surface area contributed by atoms with E-state index in [0.29, 0.717) is 17.3 Å². The van der Waals surface area contributed by atoms with Crippen LogP contribution in [0.4, 0.5) is 0 Å². The van der Waals surface area contributed by atoms with Crippen LogP contribution in [0.5, 0.6) is 0 Å². The monoisotopic (exact) mass is 239 g/mol. The van der Waals surface area contributed by atoms with E-state index in [4.69, 9.17) is 5.73 Å². The fourth-order valence-electron chi connectivity index (χ4n) is 2.77. The van der Waals surface area contributed by atoms with E-state index in [9.17, 15) is 4.79 Å². The summed E-state index contributed by atoms with van der Waals surface area (Å²) in [5.41, 5.74) is 6.02. The summed E-state index contributed by atoms with van der Waals surface area (Å²) < 4.78 is 4.61. The normalized spacial score (nSPS) is 27.4. The molecule has 0 aromatic heterocycles. The molecule has 1 aliphatic rings. The lowest BCUT2D eigenvalue weighted by Crippen LogP contribution is -2.30. The van der Waals surface area contributed by atoms with Gasteiger partial charge in [0.15, 0.2) is 0 Å². The zero-order chi connectivity index (χ0) is 13.1. The van der Waals surface area contributed by atoms with Crippen LogP contribution in [0.2, 0.25) is 0 Å². The first-order valence-electron chi connectivity index (χ1n) is 6.38. The van der Waals surface area contributed by atoms with Crippen LogP contribution < -0.4 is 5.73 Å². The Hall–Kier alpha value is -0.830. The van der Waals surface area contributed by atoms with Gasteiger partial charge < -0.3 is 10.5 Å². The Balaban J connectivity index is 2.62. The second-order valence-corrected chi connectivity index (χ2v) is 6.00. The smallest absolute Gasteiger partial charge is 0.326 e. The maximum atomic E-state index is 11.2. The van der Waals surface area contributed by atoms with E-state index in [-0.39, 0.29) is 5.97 Å². The Morgan fingerprint density at radius 1 is 1.41 bits per heavy atom. The highest BCUT2D eigenvalue weighted by molar-refractivity contribution is 5.77. The average molecular weight is 239 g/mol. The summed E-state index contributed by atoms with van der Waals surface area (Å²) in [5.74, 6) is 0.862. The molecule has 17 heavy (non-hydrogen) atoms. The summed E-state index contributed by atoms with van der Waals surface area (Å²) >= 11 is 0. The van der Waals surface area contributed by atoms with Crippen molar-refractivity contribution in [2.75, 3.05) is 7.11 Å².